The van der Waals surface area contributed by atoms with Gasteiger partial charge in [-0.2, -0.15) is 0 Å². The molecule has 317 valence electrons. The monoisotopic (exact) mass is 1090 g/mol. The maximum Gasteiger partial charge on any atom is 0.233 e. The number of hydrogen-bond acceptors (Lipinski definition) is 4. The topological polar surface area (TPSA) is 59.9 Å². The van der Waals surface area contributed by atoms with Gasteiger partial charge in [0.25, 0.3) is 0 Å². The van der Waals surface area contributed by atoms with Gasteiger partial charge in [-0.1, -0.05) is 177 Å². The van der Waals surface area contributed by atoms with Crippen LogP contribution in [0.5, 0.6) is 0 Å². The number of pyridine rings is 2. The number of rotatable bonds is 5. The number of carbonyl (C=O) groups is 2. The highest BCUT2D eigenvalue weighted by Gasteiger charge is 2.18. The molecule has 2 heterocycles. The molecule has 0 saturated carbocycles. The summed E-state index contributed by atoms with van der Waals surface area (Å²) in [6.07, 6.45) is 7.06. The largest absolute Gasteiger partial charge is 0.285 e. The van der Waals surface area contributed by atoms with Gasteiger partial charge in [0.15, 0.2) is 0 Å². The molecule has 0 amide bonds. The minimum absolute atomic E-state index is 0. The van der Waals surface area contributed by atoms with Gasteiger partial charge < -0.3 is 0 Å². The van der Waals surface area contributed by atoms with Crippen LogP contribution in [0.4, 0.5) is 0 Å². The van der Waals surface area contributed by atoms with E-state index in [0.29, 0.717) is 11.1 Å². The lowest BCUT2D eigenvalue weighted by molar-refractivity contribution is 0.0817. The lowest BCUT2D eigenvalue weighted by Gasteiger charge is -2.04. The van der Waals surface area contributed by atoms with Crippen molar-refractivity contribution in [3.8, 4) is 45.9 Å². The van der Waals surface area contributed by atoms with E-state index < -0.39 is 11.6 Å². The standard InChI is InChI=1S/C19H13NO2.C19H13N.C14H9Br.C6H4BrI.B/c21-18(14-6-2-1-3-7-14)19(22)16-9-4-8-15(12-16)17-10-5-11-20-13-17;1-2-6-16(7-3-1)11-12-17-8-4-9-18(14-17)19-10-5-13-20-15-19;15-14-8-4-7-13(11-14)10-9-12-5-2-1-3-6-12;7-5-2-1-3-6(8)4-5;/h1-13H;1-10,13-15H;1-8,11H;1-4H;. The Kier molecular flexibility index (Phi) is 20.8. The van der Waals surface area contributed by atoms with Gasteiger partial charge >= 0.3 is 0 Å². The van der Waals surface area contributed by atoms with Crippen molar-refractivity contribution in [2.24, 2.45) is 0 Å². The van der Waals surface area contributed by atoms with Crippen LogP contribution in [0.1, 0.15) is 43.0 Å². The van der Waals surface area contributed by atoms with Crippen LogP contribution >= 0.6 is 54.5 Å². The first-order chi connectivity index (χ1) is 31.8. The fourth-order valence-electron chi connectivity index (χ4n) is 5.89. The molecule has 0 aliphatic carbocycles. The van der Waals surface area contributed by atoms with Gasteiger partial charge in [0.05, 0.1) is 0 Å². The van der Waals surface area contributed by atoms with E-state index in [-0.39, 0.29) is 8.41 Å². The maximum atomic E-state index is 12.4. The first kappa shape index (κ1) is 50.1. The van der Waals surface area contributed by atoms with Crippen molar-refractivity contribution in [3.05, 3.63) is 283 Å². The first-order valence-corrected chi connectivity index (χ1v) is 22.9. The van der Waals surface area contributed by atoms with Gasteiger partial charge in [0.1, 0.15) is 0 Å². The Morgan fingerprint density at radius 2 is 0.773 bits per heavy atom. The van der Waals surface area contributed by atoms with Crippen LogP contribution in [0.15, 0.2) is 246 Å². The molecule has 0 aliphatic heterocycles. The SMILES string of the molecule is Brc1cccc(C#Cc2ccccc2)c1.Brc1cccc(I)c1.C(#Cc1cccc(-c2cccnc2)c1)c1ccccc1.O=C(C(=O)c1cccc(-c2cccnc2)c1)c1ccccc1.[B]. The Hall–Kier alpha value is -6.95. The van der Waals surface area contributed by atoms with E-state index in [1.807, 2.05) is 146 Å². The van der Waals surface area contributed by atoms with E-state index >= 15 is 0 Å². The summed E-state index contributed by atoms with van der Waals surface area (Å²) in [5.41, 5.74) is 8.90. The number of halogens is 3. The van der Waals surface area contributed by atoms with E-state index in [9.17, 15) is 9.59 Å². The maximum absolute atomic E-state index is 12.4. The highest BCUT2D eigenvalue weighted by atomic mass is 127. The van der Waals surface area contributed by atoms with Gasteiger partial charge in [0, 0.05) is 90.2 Å². The molecule has 9 aromatic rings. The van der Waals surface area contributed by atoms with Crippen molar-refractivity contribution in [3.63, 3.8) is 0 Å². The van der Waals surface area contributed by atoms with Gasteiger partial charge in [-0.3, -0.25) is 19.6 Å². The van der Waals surface area contributed by atoms with Crippen molar-refractivity contribution < 1.29 is 9.59 Å². The van der Waals surface area contributed by atoms with E-state index in [2.05, 4.69) is 118 Å². The highest BCUT2D eigenvalue weighted by molar-refractivity contribution is 14.1. The number of benzene rings is 7. The molecule has 66 heavy (non-hydrogen) atoms. The Bertz CT molecular complexity index is 3050. The van der Waals surface area contributed by atoms with Gasteiger partial charge in [0.2, 0.25) is 11.6 Å². The number of nitrogens with zero attached hydrogens (tertiary/aromatic N) is 2. The first-order valence-electron chi connectivity index (χ1n) is 20.3. The second kappa shape index (κ2) is 27.4. The predicted molar refractivity (Wildman–Crippen MR) is 286 cm³/mol. The number of ketones is 2. The summed E-state index contributed by atoms with van der Waals surface area (Å²) < 4.78 is 3.46. The van der Waals surface area contributed by atoms with Gasteiger partial charge in [-0.25, -0.2) is 0 Å². The molecule has 0 aliphatic rings. The molecule has 8 heteroatoms. The average molecular weight is 1090 g/mol. The summed E-state index contributed by atoms with van der Waals surface area (Å²) in [4.78, 5) is 32.8. The molecule has 0 unspecified atom stereocenters. The third-order valence-corrected chi connectivity index (χ3v) is 10.7. The van der Waals surface area contributed by atoms with Gasteiger partial charge in [-0.05, 0) is 125 Å². The predicted octanol–water partition coefficient (Wildman–Crippen LogP) is 14.5. The van der Waals surface area contributed by atoms with Crippen molar-refractivity contribution in [2.75, 3.05) is 0 Å². The number of aromatic nitrogens is 2. The van der Waals surface area contributed by atoms with E-state index in [4.69, 9.17) is 0 Å². The van der Waals surface area contributed by atoms with Crippen LogP contribution in [0, 0.1) is 27.3 Å². The summed E-state index contributed by atoms with van der Waals surface area (Å²) in [5.74, 6) is 11.6. The molecular weight excluding hydrogens is 1050 g/mol. The zero-order chi connectivity index (χ0) is 45.5. The molecule has 4 nitrogen and oxygen atoms in total. The molecule has 3 radical (unpaired) electrons. The lowest BCUT2D eigenvalue weighted by Crippen LogP contribution is -2.14. The molecule has 7 aromatic carbocycles. The van der Waals surface area contributed by atoms with Crippen molar-refractivity contribution >= 4 is 74.4 Å². The zero-order valence-corrected chi connectivity index (χ0v) is 40.8. The molecule has 0 bridgehead atoms. The minimum atomic E-state index is -0.503. The third-order valence-electron chi connectivity index (χ3n) is 9.08. The Morgan fingerprint density at radius 3 is 1.26 bits per heavy atom. The quantitative estimate of drug-likeness (QED) is 0.0566. The van der Waals surface area contributed by atoms with Crippen LogP contribution in [0.25, 0.3) is 22.3 Å². The second-order valence-electron chi connectivity index (χ2n) is 13.9. The smallest absolute Gasteiger partial charge is 0.233 e. The van der Waals surface area contributed by atoms with Gasteiger partial charge in [-0.15, -0.1) is 0 Å². The summed E-state index contributed by atoms with van der Waals surface area (Å²) in [5, 5.41) is 0. The summed E-state index contributed by atoms with van der Waals surface area (Å²) >= 11 is 9.05. The molecule has 0 saturated heterocycles. The number of Topliss-reactive ketones (excluding diaryl/α,β-unsaturated/α-hetero) is 2. The normalized spacial score (nSPS) is 9.50. The second-order valence-corrected chi connectivity index (χ2v) is 16.9. The van der Waals surface area contributed by atoms with E-state index in [0.717, 1.165) is 53.5 Å². The molecule has 0 atom stereocenters. The number of hydrogen-bond donors (Lipinski definition) is 0. The van der Waals surface area contributed by atoms with Crippen LogP contribution in [-0.4, -0.2) is 29.9 Å². The van der Waals surface area contributed by atoms with Crippen molar-refractivity contribution in [2.45, 2.75) is 0 Å². The molecule has 9 rings (SSSR count). The average Bonchev–Trinajstić information content (AvgIpc) is 3.37. The molecule has 0 spiro atoms. The Balaban J connectivity index is 0.000000172. The Morgan fingerprint density at radius 1 is 0.379 bits per heavy atom. The molecule has 0 N–H and O–H groups in total. The number of carbonyl (C=O) groups excluding carboxylic acids is 2. The fraction of sp³-hybridized carbons (Fsp3) is 0. The molecule has 2 aromatic heterocycles. The molecule has 0 fully saturated rings. The summed E-state index contributed by atoms with van der Waals surface area (Å²) in [6.45, 7) is 0. The fourth-order valence-corrected chi connectivity index (χ4v) is 7.66. The lowest BCUT2D eigenvalue weighted by atomic mass is 9.98. The zero-order valence-electron chi connectivity index (χ0n) is 35.4. The summed E-state index contributed by atoms with van der Waals surface area (Å²) in [7, 11) is 0. The minimum Gasteiger partial charge on any atom is -0.285 e. The van der Waals surface area contributed by atoms with E-state index in [1.54, 1.807) is 61.1 Å². The van der Waals surface area contributed by atoms with Crippen LogP contribution in [0.3, 0.4) is 0 Å². The third kappa shape index (κ3) is 16.9. The van der Waals surface area contributed by atoms with Crippen LogP contribution in [-0.2, 0) is 0 Å². The van der Waals surface area contributed by atoms with Crippen LogP contribution in [0.2, 0.25) is 0 Å². The van der Waals surface area contributed by atoms with E-state index in [1.165, 1.54) is 3.57 Å². The molecular formula is C58H39BBr2IN2O2. The Labute approximate surface area is 419 Å². The highest BCUT2D eigenvalue weighted by Crippen LogP contribution is 2.21. The van der Waals surface area contributed by atoms with Crippen molar-refractivity contribution in [1.82, 2.24) is 9.97 Å². The van der Waals surface area contributed by atoms with Crippen LogP contribution < -0.4 is 0 Å². The van der Waals surface area contributed by atoms with Crippen molar-refractivity contribution in [1.29, 1.82) is 0 Å². The summed E-state index contributed by atoms with van der Waals surface area (Å²) in [6, 6.07) is 67.7.